The van der Waals surface area contributed by atoms with Crippen LogP contribution < -0.4 is 20.3 Å². The summed E-state index contributed by atoms with van der Waals surface area (Å²) >= 11 is 0. The van der Waals surface area contributed by atoms with E-state index in [-0.39, 0.29) is 22.8 Å². The average molecular weight is 539 g/mol. The number of pyridine rings is 2. The molecule has 1 aromatic carbocycles. The summed E-state index contributed by atoms with van der Waals surface area (Å²) in [5, 5.41) is 3.85. The normalized spacial score (nSPS) is 17.1. The molecule has 1 fully saturated rings. The maximum atomic E-state index is 13.8. The number of hydrogen-bond acceptors (Lipinski definition) is 7. The highest BCUT2D eigenvalue weighted by molar-refractivity contribution is 5.78. The Morgan fingerprint density at radius 3 is 2.56 bits per heavy atom. The van der Waals surface area contributed by atoms with Crippen molar-refractivity contribution in [3.63, 3.8) is 0 Å². The predicted molar refractivity (Wildman–Crippen MR) is 145 cm³/mol. The molecule has 1 N–H and O–H groups in total. The number of fused-ring (bicyclic) bond motifs is 2. The molecular formula is C29H35FN4O5. The lowest BCUT2D eigenvalue weighted by molar-refractivity contribution is 0.0238. The average Bonchev–Trinajstić information content (AvgIpc) is 2.91. The van der Waals surface area contributed by atoms with Crippen molar-refractivity contribution in [3.05, 3.63) is 64.5 Å². The zero-order valence-corrected chi connectivity index (χ0v) is 22.6. The van der Waals surface area contributed by atoms with E-state index in [0.717, 1.165) is 31.3 Å². The van der Waals surface area contributed by atoms with Gasteiger partial charge in [0.05, 0.1) is 17.4 Å². The molecule has 5 rings (SSSR count). The monoisotopic (exact) mass is 538 g/mol. The minimum atomic E-state index is -0.572. The Balaban J connectivity index is 1.15. The highest BCUT2D eigenvalue weighted by Gasteiger charge is 2.33. The largest absolute Gasteiger partial charge is 0.486 e. The minimum absolute atomic E-state index is 0.0167. The van der Waals surface area contributed by atoms with Gasteiger partial charge in [0.15, 0.2) is 17.6 Å². The van der Waals surface area contributed by atoms with Crippen LogP contribution in [0.15, 0.2) is 47.4 Å². The zero-order valence-electron chi connectivity index (χ0n) is 22.6. The minimum Gasteiger partial charge on any atom is -0.486 e. The number of hydrogen-bond donors (Lipinski definition) is 1. The number of nitrogens with one attached hydrogen (secondary N) is 1. The smallest absolute Gasteiger partial charge is 0.408 e. The van der Waals surface area contributed by atoms with Gasteiger partial charge in [-0.15, -0.1) is 0 Å². The lowest BCUT2D eigenvalue weighted by Gasteiger charge is -2.34. The third kappa shape index (κ3) is 6.33. The van der Waals surface area contributed by atoms with Crippen LogP contribution in [-0.4, -0.2) is 59.4 Å². The molecule has 1 saturated heterocycles. The lowest BCUT2D eigenvalue weighted by atomic mass is 9.86. The van der Waals surface area contributed by atoms with Gasteiger partial charge in [-0.25, -0.2) is 9.18 Å². The predicted octanol–water partition coefficient (Wildman–Crippen LogP) is 4.28. The lowest BCUT2D eigenvalue weighted by Crippen LogP contribution is -2.46. The van der Waals surface area contributed by atoms with Gasteiger partial charge in [-0.1, -0.05) is 20.8 Å². The molecule has 3 aromatic rings. The van der Waals surface area contributed by atoms with E-state index in [1.54, 1.807) is 29.0 Å². The molecule has 1 unspecified atom stereocenters. The molecule has 9 nitrogen and oxygen atoms in total. The van der Waals surface area contributed by atoms with Crippen molar-refractivity contribution < 1.29 is 23.4 Å². The van der Waals surface area contributed by atoms with Gasteiger partial charge in [-0.2, -0.15) is 0 Å². The van der Waals surface area contributed by atoms with Crippen molar-refractivity contribution in [1.29, 1.82) is 0 Å². The van der Waals surface area contributed by atoms with Gasteiger partial charge < -0.3 is 29.0 Å². The first-order chi connectivity index (χ1) is 18.7. The summed E-state index contributed by atoms with van der Waals surface area (Å²) in [5.74, 6) is 0.832. The highest BCUT2D eigenvalue weighted by atomic mass is 19.1. The zero-order chi connectivity index (χ0) is 27.6. The van der Waals surface area contributed by atoms with Crippen LogP contribution in [0.2, 0.25) is 0 Å². The number of carbonyl (C=O) groups excluding carboxylic acids is 1. The molecule has 208 valence electrons. The third-order valence-electron chi connectivity index (χ3n) is 7.24. The SMILES string of the molecule is CC(C)(C)C(OC(=O)NC1CCN(CCn2c(=O)ccc3ccc(F)cc32)CC1)c1cc2c(cn1)OCCO2. The van der Waals surface area contributed by atoms with Crippen molar-refractivity contribution in [2.45, 2.75) is 52.3 Å². The van der Waals surface area contributed by atoms with Crippen LogP contribution in [0, 0.1) is 11.2 Å². The summed E-state index contributed by atoms with van der Waals surface area (Å²) in [6, 6.07) is 9.50. The van der Waals surface area contributed by atoms with Crippen LogP contribution >= 0.6 is 0 Å². The fraction of sp³-hybridized carbons (Fsp3) is 0.483. The van der Waals surface area contributed by atoms with Gasteiger partial charge in [0, 0.05) is 49.8 Å². The number of carbonyl (C=O) groups is 1. The number of benzene rings is 1. The Hall–Kier alpha value is -3.66. The van der Waals surface area contributed by atoms with E-state index in [4.69, 9.17) is 14.2 Å². The van der Waals surface area contributed by atoms with Gasteiger partial charge in [0.25, 0.3) is 5.56 Å². The van der Waals surface area contributed by atoms with Crippen LogP contribution in [-0.2, 0) is 11.3 Å². The van der Waals surface area contributed by atoms with Crippen molar-refractivity contribution in [2.75, 3.05) is 32.8 Å². The topological polar surface area (TPSA) is 94.9 Å². The first-order valence-corrected chi connectivity index (χ1v) is 13.4. The summed E-state index contributed by atoms with van der Waals surface area (Å²) in [6.45, 7) is 9.61. The molecule has 2 aliphatic heterocycles. The maximum Gasteiger partial charge on any atom is 0.408 e. The summed E-state index contributed by atoms with van der Waals surface area (Å²) in [4.78, 5) is 32.1. The Morgan fingerprint density at radius 1 is 1.10 bits per heavy atom. The molecule has 39 heavy (non-hydrogen) atoms. The van der Waals surface area contributed by atoms with Crippen LogP contribution in [0.3, 0.4) is 0 Å². The van der Waals surface area contributed by atoms with Crippen LogP contribution in [0.5, 0.6) is 11.5 Å². The van der Waals surface area contributed by atoms with Gasteiger partial charge in [-0.05, 0) is 42.5 Å². The van der Waals surface area contributed by atoms with Crippen molar-refractivity contribution in [2.24, 2.45) is 5.41 Å². The number of ether oxygens (including phenoxy) is 3. The quantitative estimate of drug-likeness (QED) is 0.501. The molecule has 0 bridgehead atoms. The molecule has 2 aliphatic rings. The van der Waals surface area contributed by atoms with E-state index in [9.17, 15) is 14.0 Å². The molecular weight excluding hydrogens is 503 g/mol. The number of likely N-dealkylation sites (tertiary alicyclic amines) is 1. The van der Waals surface area contributed by atoms with Crippen LogP contribution in [0.1, 0.15) is 45.4 Å². The summed E-state index contributed by atoms with van der Waals surface area (Å²) in [7, 11) is 0. The molecule has 10 heteroatoms. The number of nitrogens with zero attached hydrogens (tertiary/aromatic N) is 3. The Morgan fingerprint density at radius 2 is 1.82 bits per heavy atom. The molecule has 0 aliphatic carbocycles. The fourth-order valence-electron chi connectivity index (χ4n) is 5.13. The molecule has 0 saturated carbocycles. The third-order valence-corrected chi connectivity index (χ3v) is 7.24. The number of piperidine rings is 1. The number of halogens is 1. The number of alkyl carbamates (subject to hydrolysis) is 1. The molecule has 2 aromatic heterocycles. The number of aromatic nitrogens is 2. The summed E-state index contributed by atoms with van der Waals surface area (Å²) in [5.41, 5.74) is 0.677. The van der Waals surface area contributed by atoms with E-state index < -0.39 is 12.2 Å². The summed E-state index contributed by atoms with van der Waals surface area (Å²) in [6.07, 6.45) is 2.09. The highest BCUT2D eigenvalue weighted by Crippen LogP contribution is 2.39. The van der Waals surface area contributed by atoms with E-state index in [1.165, 1.54) is 18.2 Å². The Bertz CT molecular complexity index is 1390. The van der Waals surface area contributed by atoms with E-state index in [1.807, 2.05) is 20.8 Å². The Labute approximate surface area is 226 Å². The van der Waals surface area contributed by atoms with E-state index in [2.05, 4.69) is 15.2 Å². The molecule has 0 radical (unpaired) electrons. The van der Waals surface area contributed by atoms with E-state index >= 15 is 0 Å². The van der Waals surface area contributed by atoms with E-state index in [0.29, 0.717) is 49.0 Å². The molecule has 1 atom stereocenters. The number of rotatable bonds is 6. The maximum absolute atomic E-state index is 13.8. The second kappa shape index (κ2) is 11.2. The first kappa shape index (κ1) is 26.9. The van der Waals surface area contributed by atoms with Crippen molar-refractivity contribution in [1.82, 2.24) is 19.8 Å². The van der Waals surface area contributed by atoms with Gasteiger partial charge in [0.2, 0.25) is 0 Å². The second-order valence-electron chi connectivity index (χ2n) is 11.2. The standard InChI is InChI=1S/C29H35FN4O5/c1-29(2,3)27(22-17-24-25(18-31-22)38-15-14-37-24)39-28(36)32-21-8-10-33(11-9-21)12-13-34-23-16-20(30)6-4-19(23)5-7-26(34)35/h4-7,16-18,21,27H,8-15H2,1-3H3,(H,32,36). The fourth-order valence-corrected chi connectivity index (χ4v) is 5.13. The molecule has 0 spiro atoms. The van der Waals surface area contributed by atoms with Gasteiger partial charge in [0.1, 0.15) is 19.0 Å². The first-order valence-electron chi connectivity index (χ1n) is 13.4. The van der Waals surface area contributed by atoms with Crippen molar-refractivity contribution >= 4 is 17.0 Å². The van der Waals surface area contributed by atoms with Crippen molar-refractivity contribution in [3.8, 4) is 11.5 Å². The van der Waals surface area contributed by atoms with Crippen LogP contribution in [0.25, 0.3) is 10.9 Å². The molecule has 4 heterocycles. The summed E-state index contributed by atoms with van der Waals surface area (Å²) < 4.78 is 32.6. The second-order valence-corrected chi connectivity index (χ2v) is 11.2. The number of amides is 1. The van der Waals surface area contributed by atoms with Gasteiger partial charge >= 0.3 is 6.09 Å². The van der Waals surface area contributed by atoms with Gasteiger partial charge in [-0.3, -0.25) is 9.78 Å². The molecule has 1 amide bonds. The Kier molecular flexibility index (Phi) is 7.74. The van der Waals surface area contributed by atoms with Crippen LogP contribution in [0.4, 0.5) is 9.18 Å².